The molecule has 5 rings (SSSR count). The minimum absolute atomic E-state index is 0.00788. The van der Waals surface area contributed by atoms with Crippen molar-refractivity contribution in [3.63, 3.8) is 0 Å². The lowest BCUT2D eigenvalue weighted by molar-refractivity contribution is -0.166. The van der Waals surface area contributed by atoms with Crippen molar-refractivity contribution in [1.29, 1.82) is 0 Å². The van der Waals surface area contributed by atoms with Gasteiger partial charge in [-0.25, -0.2) is 0 Å². The number of fused-ring (bicyclic) bond motifs is 6. The van der Waals surface area contributed by atoms with Crippen molar-refractivity contribution in [1.82, 2.24) is 0 Å². The fourth-order valence-electron chi connectivity index (χ4n) is 9.34. The second-order valence-corrected chi connectivity index (χ2v) is 11.0. The average molecular weight is 461 g/mol. The Bertz CT molecular complexity index is 941. The van der Waals surface area contributed by atoms with Crippen LogP contribution in [-0.4, -0.2) is 50.8 Å². The summed E-state index contributed by atoms with van der Waals surface area (Å²) in [7, 11) is 3.97. The van der Waals surface area contributed by atoms with Crippen molar-refractivity contribution >= 4 is 29.5 Å². The molecule has 0 heterocycles. The zero-order valence-electron chi connectivity index (χ0n) is 19.6. The Morgan fingerprint density at radius 2 is 1.09 bits per heavy atom. The number of rotatable bonds is 4. The topological polar surface area (TPSA) is 113 Å². The number of ketones is 2. The molecular weight excluding hydrogens is 428 g/mol. The molecule has 4 bridgehead atoms. The lowest BCUT2D eigenvalue weighted by atomic mass is 9.58. The van der Waals surface area contributed by atoms with Crippen molar-refractivity contribution in [2.24, 2.45) is 58.2 Å². The van der Waals surface area contributed by atoms with Crippen molar-refractivity contribution in [2.75, 3.05) is 21.3 Å². The largest absolute Gasteiger partial charge is 0.469 e. The van der Waals surface area contributed by atoms with Crippen LogP contribution in [0.1, 0.15) is 45.4 Å². The summed E-state index contributed by atoms with van der Waals surface area (Å²) < 4.78 is 15.1. The van der Waals surface area contributed by atoms with E-state index in [-0.39, 0.29) is 41.2 Å². The number of hydrogen-bond donors (Lipinski definition) is 0. The predicted molar refractivity (Wildman–Crippen MR) is 112 cm³/mol. The molecule has 0 saturated heterocycles. The summed E-state index contributed by atoms with van der Waals surface area (Å²) >= 11 is 0. The Kier molecular flexibility index (Phi) is 5.04. The van der Waals surface area contributed by atoms with Crippen LogP contribution in [0.2, 0.25) is 0 Å². The quantitative estimate of drug-likeness (QED) is 0.462. The summed E-state index contributed by atoms with van der Waals surface area (Å²) in [5.41, 5.74) is -1.33. The van der Waals surface area contributed by atoms with Crippen LogP contribution in [0.5, 0.6) is 0 Å². The molecule has 2 spiro atoms. The summed E-state index contributed by atoms with van der Waals surface area (Å²) in [5, 5.41) is 0. The molecule has 5 fully saturated rings. The molecule has 0 aromatic carbocycles. The van der Waals surface area contributed by atoms with Gasteiger partial charge < -0.3 is 14.2 Å². The van der Waals surface area contributed by atoms with Gasteiger partial charge in [0, 0.05) is 16.7 Å². The highest BCUT2D eigenvalue weighted by Crippen LogP contribution is 2.74. The maximum absolute atomic E-state index is 14.4. The Hall–Kier alpha value is -2.25. The Morgan fingerprint density at radius 1 is 0.697 bits per heavy atom. The first kappa shape index (κ1) is 22.5. The zero-order valence-corrected chi connectivity index (χ0v) is 19.6. The molecule has 0 aliphatic heterocycles. The van der Waals surface area contributed by atoms with Gasteiger partial charge in [-0.3, -0.25) is 24.0 Å². The van der Waals surface area contributed by atoms with E-state index in [1.165, 1.54) is 28.3 Å². The zero-order chi connectivity index (χ0) is 23.9. The van der Waals surface area contributed by atoms with Gasteiger partial charge in [0.25, 0.3) is 0 Å². The van der Waals surface area contributed by atoms with Gasteiger partial charge in [0.15, 0.2) is 0 Å². The number of carbonyl (C=O) groups excluding carboxylic acids is 5. The van der Waals surface area contributed by atoms with Crippen molar-refractivity contribution in [3.8, 4) is 0 Å². The fraction of sp³-hybridized carbons (Fsp3) is 0.800. The third-order valence-corrected chi connectivity index (χ3v) is 10.3. The van der Waals surface area contributed by atoms with E-state index in [1.54, 1.807) is 0 Å². The van der Waals surface area contributed by atoms with Crippen LogP contribution in [0.25, 0.3) is 0 Å². The Labute approximate surface area is 193 Å². The molecule has 0 N–H and O–H groups in total. The first-order chi connectivity index (χ1) is 15.7. The van der Waals surface area contributed by atoms with Gasteiger partial charge in [-0.1, -0.05) is 0 Å². The minimum Gasteiger partial charge on any atom is -0.469 e. The Balaban J connectivity index is 1.49. The highest BCUT2D eigenvalue weighted by Gasteiger charge is 2.76. The molecule has 10 unspecified atom stereocenters. The molecule has 0 radical (unpaired) electrons. The van der Waals surface area contributed by atoms with Crippen LogP contribution in [-0.2, 0) is 38.2 Å². The number of esters is 3. The monoisotopic (exact) mass is 460 g/mol. The normalized spacial score (nSPS) is 46.8. The summed E-state index contributed by atoms with van der Waals surface area (Å²) in [5.74, 6) is -3.91. The number of methoxy groups -OCH3 is 3. The first-order valence-electron chi connectivity index (χ1n) is 12.0. The lowest BCUT2D eigenvalue weighted by Crippen LogP contribution is -2.51. The van der Waals surface area contributed by atoms with E-state index in [0.29, 0.717) is 38.5 Å². The first-order valence-corrected chi connectivity index (χ1v) is 12.0. The molecular formula is C25H32O8. The molecule has 5 aliphatic rings. The van der Waals surface area contributed by atoms with Crippen molar-refractivity contribution < 1.29 is 38.2 Å². The standard InChI is InChI=1S/C25H32O8/c1-11(26)16-12-7-14(18(16)21(28)32-3)24(9-12)5-6-25(23(24)30)10-13-8-15(25)19(22(29)33-4)17(13)20(27)31-2/h12-19H,5-10H2,1-4H3. The van der Waals surface area contributed by atoms with E-state index in [4.69, 9.17) is 14.2 Å². The summed E-state index contributed by atoms with van der Waals surface area (Å²) in [4.78, 5) is 64.8. The van der Waals surface area contributed by atoms with Crippen LogP contribution in [0.4, 0.5) is 0 Å². The summed E-state index contributed by atoms with van der Waals surface area (Å²) in [6.07, 6.45) is 3.82. The van der Waals surface area contributed by atoms with Crippen molar-refractivity contribution in [2.45, 2.75) is 45.4 Å². The maximum atomic E-state index is 14.4. The third kappa shape index (κ3) is 2.66. The van der Waals surface area contributed by atoms with E-state index in [0.717, 1.165) is 0 Å². The smallest absolute Gasteiger partial charge is 0.309 e. The molecule has 0 aromatic rings. The molecule has 8 heteroatoms. The van der Waals surface area contributed by atoms with Gasteiger partial charge in [0.2, 0.25) is 0 Å². The van der Waals surface area contributed by atoms with Gasteiger partial charge in [-0.05, 0) is 69.1 Å². The highest BCUT2D eigenvalue weighted by atomic mass is 16.5. The fourth-order valence-corrected chi connectivity index (χ4v) is 9.34. The van der Waals surface area contributed by atoms with E-state index in [2.05, 4.69) is 0 Å². The highest BCUT2D eigenvalue weighted by molar-refractivity contribution is 5.97. The molecule has 0 aromatic heterocycles. The van der Waals surface area contributed by atoms with Gasteiger partial charge in [0.05, 0.1) is 39.1 Å². The van der Waals surface area contributed by atoms with E-state index in [9.17, 15) is 24.0 Å². The van der Waals surface area contributed by atoms with E-state index in [1.807, 2.05) is 0 Å². The maximum Gasteiger partial charge on any atom is 0.309 e. The van der Waals surface area contributed by atoms with Gasteiger partial charge in [-0.2, -0.15) is 0 Å². The molecule has 5 aliphatic carbocycles. The molecule has 10 atom stereocenters. The molecule has 33 heavy (non-hydrogen) atoms. The van der Waals surface area contributed by atoms with Crippen LogP contribution >= 0.6 is 0 Å². The molecule has 8 nitrogen and oxygen atoms in total. The third-order valence-electron chi connectivity index (χ3n) is 10.3. The van der Waals surface area contributed by atoms with Gasteiger partial charge in [0.1, 0.15) is 11.6 Å². The van der Waals surface area contributed by atoms with Gasteiger partial charge in [-0.15, -0.1) is 0 Å². The second kappa shape index (κ2) is 7.37. The van der Waals surface area contributed by atoms with Crippen molar-refractivity contribution in [3.05, 3.63) is 0 Å². The summed E-state index contributed by atoms with van der Waals surface area (Å²) in [6, 6.07) is 0. The predicted octanol–water partition coefficient (Wildman–Crippen LogP) is 1.97. The van der Waals surface area contributed by atoms with Crippen LogP contribution in [0.15, 0.2) is 0 Å². The van der Waals surface area contributed by atoms with E-state index >= 15 is 0 Å². The van der Waals surface area contributed by atoms with Crippen LogP contribution in [0.3, 0.4) is 0 Å². The average Bonchev–Trinajstić information content (AvgIpc) is 3.60. The van der Waals surface area contributed by atoms with Crippen LogP contribution in [0, 0.1) is 58.2 Å². The molecule has 5 saturated carbocycles. The Morgan fingerprint density at radius 3 is 1.52 bits per heavy atom. The number of ether oxygens (including phenoxy) is 3. The molecule has 180 valence electrons. The SMILES string of the molecule is COC(=O)C1C2CC(C1C(=O)OC)C1(CCC3(CC4CC3C(C(=O)OC)C4C(C)=O)C1=O)C2. The lowest BCUT2D eigenvalue weighted by Gasteiger charge is -2.43. The second-order valence-electron chi connectivity index (χ2n) is 11.0. The van der Waals surface area contributed by atoms with Gasteiger partial charge >= 0.3 is 17.9 Å². The number of hydrogen-bond acceptors (Lipinski definition) is 8. The number of Topliss-reactive ketones (excluding diaryl/α,β-unsaturated/α-hetero) is 2. The van der Waals surface area contributed by atoms with Crippen LogP contribution < -0.4 is 0 Å². The number of carbonyl (C=O) groups is 5. The minimum atomic E-state index is -0.680. The summed E-state index contributed by atoms with van der Waals surface area (Å²) in [6.45, 7) is 1.52. The van der Waals surface area contributed by atoms with E-state index < -0.39 is 46.5 Å². The molecule has 0 amide bonds.